The Hall–Kier alpha value is -1.22. The van der Waals surface area contributed by atoms with Gasteiger partial charge in [0.1, 0.15) is 11.5 Å². The summed E-state index contributed by atoms with van der Waals surface area (Å²) < 4.78 is 11.0. The Bertz CT molecular complexity index is 565. The summed E-state index contributed by atoms with van der Waals surface area (Å²) in [4.78, 5) is 2.81. The molecule has 3 aliphatic rings. The molecule has 3 nitrogen and oxygen atoms in total. The van der Waals surface area contributed by atoms with E-state index >= 15 is 0 Å². The van der Waals surface area contributed by atoms with Crippen molar-refractivity contribution in [1.82, 2.24) is 4.90 Å². The molecule has 3 atom stereocenters. The van der Waals surface area contributed by atoms with Gasteiger partial charge in [-0.2, -0.15) is 0 Å². The molecule has 3 fully saturated rings. The van der Waals surface area contributed by atoms with Crippen LogP contribution < -0.4 is 9.47 Å². The lowest BCUT2D eigenvalue weighted by atomic mass is 9.81. The lowest BCUT2D eigenvalue weighted by Gasteiger charge is -2.42. The Morgan fingerprint density at radius 1 is 0.917 bits per heavy atom. The highest BCUT2D eigenvalue weighted by atomic mass is 16.5. The van der Waals surface area contributed by atoms with Gasteiger partial charge in [-0.3, -0.25) is 0 Å². The van der Waals surface area contributed by atoms with Crippen LogP contribution in [0.1, 0.15) is 56.4 Å². The molecule has 24 heavy (non-hydrogen) atoms. The first-order chi connectivity index (χ1) is 11.8. The van der Waals surface area contributed by atoms with Crippen molar-refractivity contribution in [3.05, 3.63) is 23.8 Å². The third-order valence-electron chi connectivity index (χ3n) is 6.87. The maximum Gasteiger partial charge on any atom is 0.122 e. The Balaban J connectivity index is 1.42. The minimum absolute atomic E-state index is 0.603. The van der Waals surface area contributed by atoms with Gasteiger partial charge in [-0.25, -0.2) is 0 Å². The molecule has 0 N–H and O–H groups in total. The fourth-order valence-electron chi connectivity index (χ4n) is 5.55. The van der Waals surface area contributed by atoms with E-state index in [1.807, 2.05) is 6.07 Å². The number of methoxy groups -OCH3 is 2. The molecule has 1 saturated heterocycles. The van der Waals surface area contributed by atoms with Crippen LogP contribution in [0.25, 0.3) is 0 Å². The zero-order valence-corrected chi connectivity index (χ0v) is 15.2. The minimum atomic E-state index is 0.603. The monoisotopic (exact) mass is 329 g/mol. The molecule has 4 rings (SSSR count). The van der Waals surface area contributed by atoms with Gasteiger partial charge in [0.2, 0.25) is 0 Å². The van der Waals surface area contributed by atoms with Gasteiger partial charge in [0.05, 0.1) is 14.2 Å². The summed E-state index contributed by atoms with van der Waals surface area (Å²) in [5.74, 6) is 4.62. The second-order valence-corrected chi connectivity index (χ2v) is 8.00. The van der Waals surface area contributed by atoms with Gasteiger partial charge in [-0.05, 0) is 87.6 Å². The van der Waals surface area contributed by atoms with E-state index in [2.05, 4.69) is 17.0 Å². The minimum Gasteiger partial charge on any atom is -0.497 e. The van der Waals surface area contributed by atoms with Crippen molar-refractivity contribution < 1.29 is 9.47 Å². The number of likely N-dealkylation sites (tertiary alicyclic amines) is 1. The summed E-state index contributed by atoms with van der Waals surface area (Å²) in [5, 5.41) is 0. The number of nitrogens with zero attached hydrogens (tertiary/aromatic N) is 1. The number of ether oxygens (including phenoxy) is 2. The van der Waals surface area contributed by atoms with Crippen molar-refractivity contribution >= 4 is 0 Å². The molecule has 2 saturated carbocycles. The van der Waals surface area contributed by atoms with Gasteiger partial charge in [0.15, 0.2) is 0 Å². The first kappa shape index (κ1) is 16.3. The SMILES string of the molecule is COc1ccc(OC)c(C2CCN(C3CC[C@H]4CC[C@H]3C4)CC2)c1. The van der Waals surface area contributed by atoms with Crippen molar-refractivity contribution in [2.75, 3.05) is 27.3 Å². The number of benzene rings is 1. The standard InChI is InChI=1S/C21H31NO2/c1-23-18-6-8-21(24-2)19(14-18)16-9-11-22(12-10-16)20-7-4-15-3-5-17(20)13-15/h6,8,14-17,20H,3-5,7,9-13H2,1-2H3/t15-,17+,20?/m1/s1. The van der Waals surface area contributed by atoms with Crippen LogP contribution in [0.3, 0.4) is 0 Å². The number of rotatable bonds is 4. The van der Waals surface area contributed by atoms with Crippen molar-refractivity contribution in [1.29, 1.82) is 0 Å². The van der Waals surface area contributed by atoms with Gasteiger partial charge < -0.3 is 14.4 Å². The summed E-state index contributed by atoms with van der Waals surface area (Å²) in [7, 11) is 3.52. The van der Waals surface area contributed by atoms with Crippen LogP contribution in [0, 0.1) is 11.8 Å². The fourth-order valence-corrected chi connectivity index (χ4v) is 5.55. The first-order valence-corrected chi connectivity index (χ1v) is 9.74. The number of hydrogen-bond donors (Lipinski definition) is 0. The smallest absolute Gasteiger partial charge is 0.122 e. The first-order valence-electron chi connectivity index (χ1n) is 9.74. The van der Waals surface area contributed by atoms with Crippen LogP contribution in [0.15, 0.2) is 18.2 Å². The van der Waals surface area contributed by atoms with Gasteiger partial charge in [-0.1, -0.05) is 6.42 Å². The van der Waals surface area contributed by atoms with Crippen molar-refractivity contribution in [3.8, 4) is 11.5 Å². The highest BCUT2D eigenvalue weighted by molar-refractivity contribution is 5.42. The van der Waals surface area contributed by atoms with E-state index in [-0.39, 0.29) is 0 Å². The van der Waals surface area contributed by atoms with E-state index in [1.165, 1.54) is 63.6 Å². The molecule has 0 aromatic heterocycles. The molecule has 2 aliphatic carbocycles. The predicted molar refractivity (Wildman–Crippen MR) is 96.9 cm³/mol. The Morgan fingerprint density at radius 2 is 1.71 bits per heavy atom. The Labute approximate surface area is 146 Å². The van der Waals surface area contributed by atoms with Gasteiger partial charge in [0, 0.05) is 11.6 Å². The van der Waals surface area contributed by atoms with Gasteiger partial charge in [-0.15, -0.1) is 0 Å². The normalized spacial score (nSPS) is 31.2. The molecule has 132 valence electrons. The van der Waals surface area contributed by atoms with Crippen molar-refractivity contribution in [2.45, 2.75) is 56.9 Å². The Kier molecular flexibility index (Phi) is 4.71. The van der Waals surface area contributed by atoms with E-state index in [9.17, 15) is 0 Å². The second-order valence-electron chi connectivity index (χ2n) is 8.00. The van der Waals surface area contributed by atoms with E-state index in [0.29, 0.717) is 5.92 Å². The lowest BCUT2D eigenvalue weighted by Crippen LogP contribution is -2.45. The summed E-state index contributed by atoms with van der Waals surface area (Å²) >= 11 is 0. The van der Waals surface area contributed by atoms with Crippen LogP contribution in [0.4, 0.5) is 0 Å². The molecule has 3 heteroatoms. The highest BCUT2D eigenvalue weighted by Gasteiger charge is 2.39. The number of piperidine rings is 1. The van der Waals surface area contributed by atoms with E-state index in [1.54, 1.807) is 14.2 Å². The molecular formula is C21H31NO2. The summed E-state index contributed by atoms with van der Waals surface area (Å²) in [5.41, 5.74) is 1.33. The molecule has 1 unspecified atom stereocenters. The van der Waals surface area contributed by atoms with Crippen LogP contribution >= 0.6 is 0 Å². The maximum atomic E-state index is 5.61. The molecular weight excluding hydrogens is 298 g/mol. The van der Waals surface area contributed by atoms with E-state index < -0.39 is 0 Å². The van der Waals surface area contributed by atoms with Crippen LogP contribution in [-0.2, 0) is 0 Å². The zero-order valence-electron chi connectivity index (χ0n) is 15.2. The average molecular weight is 329 g/mol. The lowest BCUT2D eigenvalue weighted by molar-refractivity contribution is 0.0837. The van der Waals surface area contributed by atoms with Crippen LogP contribution in [0.2, 0.25) is 0 Å². The summed E-state index contributed by atoms with van der Waals surface area (Å²) in [6.45, 7) is 2.49. The molecule has 1 heterocycles. The van der Waals surface area contributed by atoms with Crippen molar-refractivity contribution in [3.63, 3.8) is 0 Å². The van der Waals surface area contributed by atoms with Crippen LogP contribution in [-0.4, -0.2) is 38.3 Å². The second kappa shape index (κ2) is 6.95. The third-order valence-corrected chi connectivity index (χ3v) is 6.87. The van der Waals surface area contributed by atoms with E-state index in [0.717, 1.165) is 29.4 Å². The molecule has 1 aromatic rings. The molecule has 2 bridgehead atoms. The summed E-state index contributed by atoms with van der Waals surface area (Å²) in [6, 6.07) is 7.11. The topological polar surface area (TPSA) is 21.7 Å². The fraction of sp³-hybridized carbons (Fsp3) is 0.714. The molecule has 1 aromatic carbocycles. The summed E-state index contributed by atoms with van der Waals surface area (Å²) in [6.07, 6.45) is 9.91. The number of fused-ring (bicyclic) bond motifs is 2. The third kappa shape index (κ3) is 3.03. The zero-order chi connectivity index (χ0) is 16.5. The largest absolute Gasteiger partial charge is 0.497 e. The molecule has 0 amide bonds. The maximum absolute atomic E-state index is 5.61. The average Bonchev–Trinajstić information content (AvgIpc) is 3.02. The van der Waals surface area contributed by atoms with E-state index in [4.69, 9.17) is 9.47 Å². The quantitative estimate of drug-likeness (QED) is 0.814. The van der Waals surface area contributed by atoms with Crippen molar-refractivity contribution in [2.24, 2.45) is 11.8 Å². The Morgan fingerprint density at radius 3 is 2.46 bits per heavy atom. The molecule has 0 radical (unpaired) electrons. The predicted octanol–water partition coefficient (Wildman–Crippen LogP) is 4.46. The number of hydrogen-bond acceptors (Lipinski definition) is 3. The van der Waals surface area contributed by atoms with Crippen LogP contribution in [0.5, 0.6) is 11.5 Å². The van der Waals surface area contributed by atoms with Gasteiger partial charge in [0.25, 0.3) is 0 Å². The van der Waals surface area contributed by atoms with Gasteiger partial charge >= 0.3 is 0 Å². The highest BCUT2D eigenvalue weighted by Crippen LogP contribution is 2.45. The molecule has 1 aliphatic heterocycles. The molecule has 0 spiro atoms.